The Morgan fingerprint density at radius 1 is 1.00 bits per heavy atom. The molecule has 1 aliphatic rings. The van der Waals surface area contributed by atoms with E-state index in [4.69, 9.17) is 23.2 Å². The lowest BCUT2D eigenvalue weighted by atomic mass is 10.2. The van der Waals surface area contributed by atoms with Gasteiger partial charge in [-0.25, -0.2) is 0 Å². The van der Waals surface area contributed by atoms with Gasteiger partial charge in [-0.3, -0.25) is 24.1 Å². The maximum absolute atomic E-state index is 12.5. The van der Waals surface area contributed by atoms with Gasteiger partial charge in [0.05, 0.1) is 21.5 Å². The average molecular weight is 478 g/mol. The van der Waals surface area contributed by atoms with Gasteiger partial charge in [-0.1, -0.05) is 53.5 Å². The van der Waals surface area contributed by atoms with E-state index in [1.807, 2.05) is 0 Å². The van der Waals surface area contributed by atoms with Crippen LogP contribution in [0, 0.1) is 0 Å². The fourth-order valence-electron chi connectivity index (χ4n) is 2.69. The van der Waals surface area contributed by atoms with E-state index >= 15 is 0 Å². The topological polar surface area (TPSA) is 95.6 Å². The molecule has 2 N–H and O–H groups in total. The number of halogens is 2. The van der Waals surface area contributed by atoms with Crippen molar-refractivity contribution in [3.8, 4) is 0 Å². The van der Waals surface area contributed by atoms with E-state index in [9.17, 15) is 19.2 Å². The van der Waals surface area contributed by atoms with Crippen LogP contribution in [0.25, 0.3) is 6.08 Å². The summed E-state index contributed by atoms with van der Waals surface area (Å²) >= 11 is 12.9. The van der Waals surface area contributed by atoms with E-state index in [2.05, 4.69) is 10.6 Å². The van der Waals surface area contributed by atoms with Crippen molar-refractivity contribution >= 4 is 64.0 Å². The first kappa shape index (κ1) is 22.9. The minimum atomic E-state index is -0.474. The van der Waals surface area contributed by atoms with Gasteiger partial charge in [0.1, 0.15) is 0 Å². The van der Waals surface area contributed by atoms with E-state index in [1.165, 1.54) is 6.08 Å². The van der Waals surface area contributed by atoms with Crippen LogP contribution in [0.3, 0.4) is 0 Å². The predicted molar refractivity (Wildman–Crippen MR) is 121 cm³/mol. The van der Waals surface area contributed by atoms with Crippen LogP contribution in [-0.4, -0.2) is 47.5 Å². The fourth-order valence-corrected chi connectivity index (χ4v) is 3.91. The summed E-state index contributed by atoms with van der Waals surface area (Å²) in [7, 11) is 0. The second-order valence-electron chi connectivity index (χ2n) is 6.38. The van der Waals surface area contributed by atoms with E-state index in [-0.39, 0.29) is 30.4 Å². The minimum Gasteiger partial charge on any atom is -0.353 e. The first-order chi connectivity index (χ1) is 14.9. The number of nitrogens with one attached hydrogen (secondary N) is 2. The summed E-state index contributed by atoms with van der Waals surface area (Å²) in [6, 6.07) is 13.5. The molecule has 4 amide bonds. The van der Waals surface area contributed by atoms with Gasteiger partial charge in [-0.05, 0) is 41.6 Å². The van der Waals surface area contributed by atoms with Crippen LogP contribution in [0.1, 0.15) is 15.9 Å². The van der Waals surface area contributed by atoms with E-state index in [0.717, 1.165) is 16.7 Å². The number of carbonyl (C=O) groups excluding carboxylic acids is 4. The Morgan fingerprint density at radius 3 is 2.48 bits per heavy atom. The molecule has 160 valence electrons. The third-order valence-corrected chi connectivity index (χ3v) is 5.99. The molecule has 7 nitrogen and oxygen atoms in total. The second kappa shape index (κ2) is 10.5. The molecule has 0 atom stereocenters. The van der Waals surface area contributed by atoms with Crippen molar-refractivity contribution in [2.75, 3.05) is 19.6 Å². The molecule has 1 fully saturated rings. The number of imide groups is 1. The number of rotatable bonds is 7. The molecule has 0 bridgehead atoms. The summed E-state index contributed by atoms with van der Waals surface area (Å²) in [5.41, 5.74) is 0.974. The van der Waals surface area contributed by atoms with Gasteiger partial charge in [-0.15, -0.1) is 0 Å². The zero-order valence-electron chi connectivity index (χ0n) is 16.1. The third kappa shape index (κ3) is 5.88. The monoisotopic (exact) mass is 477 g/mol. The van der Waals surface area contributed by atoms with Gasteiger partial charge in [0.25, 0.3) is 17.1 Å². The highest BCUT2D eigenvalue weighted by Crippen LogP contribution is 2.34. The van der Waals surface area contributed by atoms with Gasteiger partial charge in [0, 0.05) is 18.7 Å². The summed E-state index contributed by atoms with van der Waals surface area (Å²) in [5, 5.41) is 5.27. The smallest absolute Gasteiger partial charge is 0.293 e. The van der Waals surface area contributed by atoms with E-state index in [1.54, 1.807) is 48.5 Å². The fraction of sp³-hybridized carbons (Fsp3) is 0.143. The zero-order chi connectivity index (χ0) is 22.4. The molecule has 0 aromatic heterocycles. The van der Waals surface area contributed by atoms with Gasteiger partial charge in [0.2, 0.25) is 5.91 Å². The number of carbonyl (C=O) groups is 4. The Morgan fingerprint density at radius 2 is 1.74 bits per heavy atom. The molecule has 1 aliphatic heterocycles. The molecule has 0 aliphatic carbocycles. The van der Waals surface area contributed by atoms with Gasteiger partial charge >= 0.3 is 0 Å². The SMILES string of the molecule is O=C(CNC(=O)c1ccccc1)NCCN1C(=O)SC(=Cc2cccc(Cl)c2Cl)C1=O. The highest BCUT2D eigenvalue weighted by atomic mass is 35.5. The summed E-state index contributed by atoms with van der Waals surface area (Å²) in [6.45, 7) is -0.157. The van der Waals surface area contributed by atoms with Crippen molar-refractivity contribution in [1.29, 1.82) is 0 Å². The maximum Gasteiger partial charge on any atom is 0.293 e. The van der Waals surface area contributed by atoms with Gasteiger partial charge in [0.15, 0.2) is 0 Å². The summed E-state index contributed by atoms with van der Waals surface area (Å²) in [4.78, 5) is 49.8. The van der Waals surface area contributed by atoms with Crippen LogP contribution in [0.4, 0.5) is 4.79 Å². The van der Waals surface area contributed by atoms with Crippen LogP contribution in [-0.2, 0) is 9.59 Å². The van der Waals surface area contributed by atoms with Crippen LogP contribution in [0.5, 0.6) is 0 Å². The van der Waals surface area contributed by atoms with Crippen LogP contribution in [0.2, 0.25) is 10.0 Å². The molecule has 31 heavy (non-hydrogen) atoms. The highest BCUT2D eigenvalue weighted by Gasteiger charge is 2.34. The molecular formula is C21H17Cl2N3O4S. The van der Waals surface area contributed by atoms with E-state index in [0.29, 0.717) is 21.2 Å². The third-order valence-electron chi connectivity index (χ3n) is 4.24. The van der Waals surface area contributed by atoms with Crippen molar-refractivity contribution < 1.29 is 19.2 Å². The summed E-state index contributed by atoms with van der Waals surface area (Å²) < 4.78 is 0. The van der Waals surface area contributed by atoms with Crippen molar-refractivity contribution in [2.45, 2.75) is 0 Å². The zero-order valence-corrected chi connectivity index (χ0v) is 18.4. The number of nitrogens with zero attached hydrogens (tertiary/aromatic N) is 1. The number of hydrogen-bond donors (Lipinski definition) is 2. The molecule has 1 heterocycles. The lowest BCUT2D eigenvalue weighted by molar-refractivity contribution is -0.124. The molecule has 10 heteroatoms. The van der Waals surface area contributed by atoms with Crippen molar-refractivity contribution in [3.05, 3.63) is 74.6 Å². The largest absolute Gasteiger partial charge is 0.353 e. The lowest BCUT2D eigenvalue weighted by Crippen LogP contribution is -2.41. The molecule has 1 saturated heterocycles. The first-order valence-corrected chi connectivity index (χ1v) is 10.7. The number of thioether (sulfide) groups is 1. The molecule has 0 radical (unpaired) electrons. The second-order valence-corrected chi connectivity index (χ2v) is 8.15. The van der Waals surface area contributed by atoms with Gasteiger partial charge in [-0.2, -0.15) is 0 Å². The average Bonchev–Trinajstić information content (AvgIpc) is 3.03. The van der Waals surface area contributed by atoms with Crippen molar-refractivity contribution in [1.82, 2.24) is 15.5 Å². The quantitative estimate of drug-likeness (QED) is 0.594. The molecule has 2 aromatic rings. The van der Waals surface area contributed by atoms with Crippen LogP contribution in [0.15, 0.2) is 53.4 Å². The normalized spacial score (nSPS) is 14.8. The Labute approximate surface area is 192 Å². The molecule has 0 spiro atoms. The van der Waals surface area contributed by atoms with Crippen LogP contribution < -0.4 is 10.6 Å². The maximum atomic E-state index is 12.5. The van der Waals surface area contributed by atoms with Crippen molar-refractivity contribution in [3.63, 3.8) is 0 Å². The number of benzene rings is 2. The van der Waals surface area contributed by atoms with Crippen LogP contribution >= 0.6 is 35.0 Å². The minimum absolute atomic E-state index is 0.00363. The summed E-state index contributed by atoms with van der Waals surface area (Å²) in [5.74, 6) is -1.28. The van der Waals surface area contributed by atoms with Gasteiger partial charge < -0.3 is 10.6 Å². The molecule has 0 unspecified atom stereocenters. The lowest BCUT2D eigenvalue weighted by Gasteiger charge is -2.13. The number of hydrogen-bond acceptors (Lipinski definition) is 5. The van der Waals surface area contributed by atoms with Crippen molar-refractivity contribution in [2.24, 2.45) is 0 Å². The molecule has 3 rings (SSSR count). The Kier molecular flexibility index (Phi) is 7.73. The molecule has 2 aromatic carbocycles. The van der Waals surface area contributed by atoms with E-state index < -0.39 is 17.1 Å². The molecular weight excluding hydrogens is 461 g/mol. The Hall–Kier alpha value is -2.81. The highest BCUT2D eigenvalue weighted by molar-refractivity contribution is 8.18. The summed E-state index contributed by atoms with van der Waals surface area (Å²) in [6.07, 6.45) is 1.51. The number of amides is 4. The Bertz CT molecular complexity index is 1060. The Balaban J connectivity index is 1.49. The molecule has 0 saturated carbocycles. The standard InChI is InChI=1S/C21H17Cl2N3O4S/c22-15-8-4-7-14(18(15)23)11-16-20(29)26(21(30)31-16)10-9-24-17(27)12-25-19(28)13-5-2-1-3-6-13/h1-8,11H,9-10,12H2,(H,24,27)(H,25,28). The predicted octanol–water partition coefficient (Wildman–Crippen LogP) is 3.58. The first-order valence-electron chi connectivity index (χ1n) is 9.16.